The highest BCUT2D eigenvalue weighted by Crippen LogP contribution is 2.35. The monoisotopic (exact) mass is 365 g/mol. The van der Waals surface area contributed by atoms with Crippen LogP contribution in [0, 0.1) is 15.9 Å². The average Bonchev–Trinajstić information content (AvgIpc) is 2.58. The average molecular weight is 366 g/mol. The van der Waals surface area contributed by atoms with Crippen molar-refractivity contribution >= 4 is 29.1 Å². The molecule has 0 aromatic heterocycles. The van der Waals surface area contributed by atoms with Crippen LogP contribution >= 0.6 is 11.6 Å². The molecule has 0 fully saturated rings. The first-order valence-corrected chi connectivity index (χ1v) is 7.33. The van der Waals surface area contributed by atoms with Crippen molar-refractivity contribution < 1.29 is 23.6 Å². The Morgan fingerprint density at radius 1 is 1.20 bits per heavy atom. The number of allylic oxidation sites excluding steroid dienone is 1. The van der Waals surface area contributed by atoms with Crippen molar-refractivity contribution in [3.63, 3.8) is 0 Å². The third kappa shape index (κ3) is 4.13. The molecule has 0 heterocycles. The van der Waals surface area contributed by atoms with Gasteiger partial charge in [-0.25, -0.2) is 4.39 Å². The molecule has 0 atom stereocenters. The van der Waals surface area contributed by atoms with E-state index in [9.17, 15) is 19.3 Å². The van der Waals surface area contributed by atoms with E-state index in [-0.39, 0.29) is 33.3 Å². The lowest BCUT2D eigenvalue weighted by atomic mass is 10.1. The molecular formula is C17H13ClFNO5. The molecule has 0 bridgehead atoms. The molecular weight excluding hydrogens is 353 g/mol. The lowest BCUT2D eigenvalue weighted by Crippen LogP contribution is -1.98. The van der Waals surface area contributed by atoms with Gasteiger partial charge in [-0.3, -0.25) is 14.9 Å². The Labute approximate surface area is 147 Å². The third-order valence-corrected chi connectivity index (χ3v) is 3.65. The summed E-state index contributed by atoms with van der Waals surface area (Å²) in [5, 5.41) is 11.2. The standard InChI is InChI=1S/C17H13ClFNO5/c1-24-16-7-10(14(20(22)23)9-17(16)25-2)3-6-15(21)12-5-4-11(19)8-13(12)18/h3-9H,1-2H3/b6-3+. The number of carbonyl (C=O) groups is 1. The van der Waals surface area contributed by atoms with E-state index in [0.717, 1.165) is 18.2 Å². The van der Waals surface area contributed by atoms with E-state index in [1.807, 2.05) is 0 Å². The summed E-state index contributed by atoms with van der Waals surface area (Å²) in [6, 6.07) is 5.95. The predicted octanol–water partition coefficient (Wildman–Crippen LogP) is 4.30. The molecule has 0 aliphatic rings. The van der Waals surface area contributed by atoms with Crippen LogP contribution in [0.5, 0.6) is 11.5 Å². The normalized spacial score (nSPS) is 10.7. The number of nitro groups is 1. The fraction of sp³-hybridized carbons (Fsp3) is 0.118. The molecule has 6 nitrogen and oxygen atoms in total. The van der Waals surface area contributed by atoms with Gasteiger partial charge in [0.25, 0.3) is 5.69 Å². The highest BCUT2D eigenvalue weighted by atomic mass is 35.5. The number of ketones is 1. The van der Waals surface area contributed by atoms with E-state index < -0.39 is 16.5 Å². The molecule has 0 amide bonds. The van der Waals surface area contributed by atoms with Crippen LogP contribution in [0.4, 0.5) is 10.1 Å². The Balaban J connectivity index is 2.42. The number of hydrogen-bond acceptors (Lipinski definition) is 5. The third-order valence-electron chi connectivity index (χ3n) is 3.34. The van der Waals surface area contributed by atoms with Crippen molar-refractivity contribution in [1.29, 1.82) is 0 Å². The van der Waals surface area contributed by atoms with E-state index in [2.05, 4.69) is 0 Å². The summed E-state index contributed by atoms with van der Waals surface area (Å²) in [6.07, 6.45) is 2.38. The summed E-state index contributed by atoms with van der Waals surface area (Å²) in [5.41, 5.74) is -0.0245. The first-order chi connectivity index (χ1) is 11.9. The number of halogens is 2. The Hall–Kier alpha value is -2.93. The van der Waals surface area contributed by atoms with Crippen molar-refractivity contribution in [2.45, 2.75) is 0 Å². The predicted molar refractivity (Wildman–Crippen MR) is 91.0 cm³/mol. The molecule has 2 aromatic rings. The van der Waals surface area contributed by atoms with Crippen LogP contribution in [-0.4, -0.2) is 24.9 Å². The van der Waals surface area contributed by atoms with Crippen molar-refractivity contribution in [1.82, 2.24) is 0 Å². The van der Waals surface area contributed by atoms with E-state index in [1.165, 1.54) is 38.5 Å². The van der Waals surface area contributed by atoms with E-state index in [4.69, 9.17) is 21.1 Å². The smallest absolute Gasteiger partial charge is 0.280 e. The van der Waals surface area contributed by atoms with Gasteiger partial charge in [-0.15, -0.1) is 0 Å². The van der Waals surface area contributed by atoms with Gasteiger partial charge in [-0.1, -0.05) is 11.6 Å². The summed E-state index contributed by atoms with van der Waals surface area (Å²) in [4.78, 5) is 22.8. The van der Waals surface area contributed by atoms with Gasteiger partial charge in [0.1, 0.15) is 5.82 Å². The summed E-state index contributed by atoms with van der Waals surface area (Å²) >= 11 is 5.84. The molecule has 25 heavy (non-hydrogen) atoms. The number of nitrogens with zero attached hydrogens (tertiary/aromatic N) is 1. The van der Waals surface area contributed by atoms with Crippen LogP contribution < -0.4 is 9.47 Å². The Kier molecular flexibility index (Phi) is 5.71. The van der Waals surface area contributed by atoms with Gasteiger partial charge >= 0.3 is 0 Å². The zero-order chi connectivity index (χ0) is 18.6. The molecule has 2 aromatic carbocycles. The largest absolute Gasteiger partial charge is 0.493 e. The van der Waals surface area contributed by atoms with Crippen molar-refractivity contribution in [2.75, 3.05) is 14.2 Å². The van der Waals surface area contributed by atoms with Gasteiger partial charge in [-0.2, -0.15) is 0 Å². The number of hydrogen-bond donors (Lipinski definition) is 0. The van der Waals surface area contributed by atoms with E-state index >= 15 is 0 Å². The quantitative estimate of drug-likeness (QED) is 0.330. The minimum Gasteiger partial charge on any atom is -0.493 e. The maximum absolute atomic E-state index is 13.0. The van der Waals surface area contributed by atoms with Crippen LogP contribution in [0.25, 0.3) is 6.08 Å². The molecule has 130 valence electrons. The number of benzene rings is 2. The lowest BCUT2D eigenvalue weighted by Gasteiger charge is -2.08. The summed E-state index contributed by atoms with van der Waals surface area (Å²) < 4.78 is 23.2. The summed E-state index contributed by atoms with van der Waals surface area (Å²) in [6.45, 7) is 0. The molecule has 0 saturated heterocycles. The van der Waals surface area contributed by atoms with E-state index in [0.29, 0.717) is 0 Å². The second kappa shape index (κ2) is 7.76. The molecule has 0 unspecified atom stereocenters. The second-order valence-corrected chi connectivity index (χ2v) is 5.25. The Morgan fingerprint density at radius 3 is 2.40 bits per heavy atom. The fourth-order valence-corrected chi connectivity index (χ4v) is 2.38. The Bertz CT molecular complexity index is 866. The van der Waals surface area contributed by atoms with Crippen LogP contribution in [0.1, 0.15) is 15.9 Å². The highest BCUT2D eigenvalue weighted by Gasteiger charge is 2.18. The van der Waals surface area contributed by atoms with Gasteiger partial charge in [0, 0.05) is 5.56 Å². The Morgan fingerprint density at radius 2 is 1.84 bits per heavy atom. The van der Waals surface area contributed by atoms with Crippen LogP contribution in [0.3, 0.4) is 0 Å². The number of methoxy groups -OCH3 is 2. The molecule has 8 heteroatoms. The van der Waals surface area contributed by atoms with Crippen LogP contribution in [-0.2, 0) is 0 Å². The van der Waals surface area contributed by atoms with Crippen molar-refractivity contribution in [3.8, 4) is 11.5 Å². The van der Waals surface area contributed by atoms with Gasteiger partial charge in [0.05, 0.1) is 35.8 Å². The molecule has 0 aliphatic carbocycles. The second-order valence-electron chi connectivity index (χ2n) is 4.84. The molecule has 2 rings (SSSR count). The molecule has 0 aliphatic heterocycles. The zero-order valence-corrected chi connectivity index (χ0v) is 14.0. The topological polar surface area (TPSA) is 78.7 Å². The van der Waals surface area contributed by atoms with Crippen molar-refractivity contribution in [2.24, 2.45) is 0 Å². The molecule has 0 saturated carbocycles. The first-order valence-electron chi connectivity index (χ1n) is 6.95. The molecule has 0 radical (unpaired) electrons. The number of ether oxygens (including phenoxy) is 2. The SMILES string of the molecule is COc1cc(/C=C/C(=O)c2ccc(F)cc2Cl)c([N+](=O)[O-])cc1OC. The lowest BCUT2D eigenvalue weighted by molar-refractivity contribution is -0.385. The summed E-state index contributed by atoms with van der Waals surface area (Å²) in [7, 11) is 2.75. The maximum Gasteiger partial charge on any atom is 0.280 e. The minimum atomic E-state index is -0.600. The van der Waals surface area contributed by atoms with Gasteiger partial charge in [0.2, 0.25) is 0 Å². The van der Waals surface area contributed by atoms with Crippen LogP contribution in [0.2, 0.25) is 5.02 Å². The van der Waals surface area contributed by atoms with Crippen molar-refractivity contribution in [3.05, 3.63) is 68.5 Å². The summed E-state index contributed by atoms with van der Waals surface area (Å²) in [5.74, 6) is -0.616. The minimum absolute atomic E-state index is 0.0449. The van der Waals surface area contributed by atoms with Gasteiger partial charge in [0.15, 0.2) is 17.3 Å². The number of rotatable bonds is 6. The molecule has 0 spiro atoms. The maximum atomic E-state index is 13.0. The number of nitro benzene ring substituents is 1. The molecule has 0 N–H and O–H groups in total. The van der Waals surface area contributed by atoms with Gasteiger partial charge in [-0.05, 0) is 36.4 Å². The van der Waals surface area contributed by atoms with Crippen LogP contribution in [0.15, 0.2) is 36.4 Å². The fourth-order valence-electron chi connectivity index (χ4n) is 2.12. The number of carbonyl (C=O) groups excluding carboxylic acids is 1. The first kappa shape index (κ1) is 18.4. The zero-order valence-electron chi connectivity index (χ0n) is 13.3. The highest BCUT2D eigenvalue weighted by molar-refractivity contribution is 6.34. The van der Waals surface area contributed by atoms with Gasteiger partial charge < -0.3 is 9.47 Å². The van der Waals surface area contributed by atoms with E-state index in [1.54, 1.807) is 0 Å².